The van der Waals surface area contributed by atoms with E-state index in [0.29, 0.717) is 12.4 Å². The first-order valence-electron chi connectivity index (χ1n) is 5.45. The van der Waals surface area contributed by atoms with E-state index in [1.54, 1.807) is 19.1 Å². The van der Waals surface area contributed by atoms with Crippen molar-refractivity contribution in [1.82, 2.24) is 0 Å². The second kappa shape index (κ2) is 5.27. The molecule has 1 fully saturated rings. The van der Waals surface area contributed by atoms with Gasteiger partial charge in [0.05, 0.1) is 12.7 Å². The largest absolute Gasteiger partial charge is 0.382 e. The summed E-state index contributed by atoms with van der Waals surface area (Å²) in [4.78, 5) is 0. The Balaban J connectivity index is 1.86. The summed E-state index contributed by atoms with van der Waals surface area (Å²) in [7, 11) is 0. The molecule has 1 aliphatic rings. The number of nitrogens with one attached hydrogen (secondary N) is 1. The molecule has 88 valence electrons. The molecule has 1 heterocycles. The van der Waals surface area contributed by atoms with Crippen molar-refractivity contribution in [2.24, 2.45) is 0 Å². The third-order valence-corrected chi connectivity index (χ3v) is 2.66. The van der Waals surface area contributed by atoms with Crippen LogP contribution in [0.3, 0.4) is 0 Å². The van der Waals surface area contributed by atoms with Crippen LogP contribution >= 0.6 is 0 Å². The van der Waals surface area contributed by atoms with Crippen LogP contribution in [0.5, 0.6) is 0 Å². The van der Waals surface area contributed by atoms with E-state index >= 15 is 0 Å². The van der Waals surface area contributed by atoms with Gasteiger partial charge in [0.15, 0.2) is 0 Å². The van der Waals surface area contributed by atoms with Crippen molar-refractivity contribution in [1.29, 1.82) is 0 Å². The van der Waals surface area contributed by atoms with E-state index in [1.807, 2.05) is 0 Å². The first-order valence-corrected chi connectivity index (χ1v) is 5.45. The van der Waals surface area contributed by atoms with Gasteiger partial charge < -0.3 is 14.8 Å². The van der Waals surface area contributed by atoms with Crippen LogP contribution in [0.1, 0.15) is 12.0 Å². The van der Waals surface area contributed by atoms with E-state index in [4.69, 9.17) is 9.47 Å². The van der Waals surface area contributed by atoms with Gasteiger partial charge in [-0.2, -0.15) is 0 Å². The van der Waals surface area contributed by atoms with Gasteiger partial charge in [-0.25, -0.2) is 4.39 Å². The number of aryl methyl sites for hydroxylation is 1. The van der Waals surface area contributed by atoms with Crippen molar-refractivity contribution in [2.75, 3.05) is 25.3 Å². The van der Waals surface area contributed by atoms with Crippen molar-refractivity contribution in [3.05, 3.63) is 29.6 Å². The zero-order valence-corrected chi connectivity index (χ0v) is 9.33. The second-order valence-corrected chi connectivity index (χ2v) is 3.95. The molecule has 0 saturated carbocycles. The fourth-order valence-electron chi connectivity index (χ4n) is 1.65. The lowest BCUT2D eigenvalue weighted by molar-refractivity contribution is -0.133. The molecule has 0 amide bonds. The van der Waals surface area contributed by atoms with Crippen molar-refractivity contribution >= 4 is 5.69 Å². The van der Waals surface area contributed by atoms with Gasteiger partial charge in [-0.3, -0.25) is 0 Å². The van der Waals surface area contributed by atoms with Crippen molar-refractivity contribution < 1.29 is 13.9 Å². The van der Waals surface area contributed by atoms with Gasteiger partial charge in [-0.1, -0.05) is 0 Å². The molecule has 1 atom stereocenters. The summed E-state index contributed by atoms with van der Waals surface area (Å²) < 4.78 is 23.5. The lowest BCUT2D eigenvalue weighted by atomic mass is 10.2. The van der Waals surface area contributed by atoms with Crippen LogP contribution in [0, 0.1) is 12.7 Å². The van der Waals surface area contributed by atoms with Crippen LogP contribution in [0.4, 0.5) is 10.1 Å². The van der Waals surface area contributed by atoms with Crippen LogP contribution in [-0.2, 0) is 9.47 Å². The summed E-state index contributed by atoms with van der Waals surface area (Å²) in [5.74, 6) is -0.173. The highest BCUT2D eigenvalue weighted by atomic mass is 19.1. The number of benzene rings is 1. The van der Waals surface area contributed by atoms with Gasteiger partial charge in [-0.15, -0.1) is 0 Å². The molecule has 4 heteroatoms. The van der Waals surface area contributed by atoms with Gasteiger partial charge in [0.2, 0.25) is 0 Å². The lowest BCUT2D eigenvalue weighted by Gasteiger charge is -2.23. The van der Waals surface area contributed by atoms with Crippen LogP contribution < -0.4 is 5.32 Å². The highest BCUT2D eigenvalue weighted by molar-refractivity contribution is 5.45. The third kappa shape index (κ3) is 2.93. The van der Waals surface area contributed by atoms with Gasteiger partial charge >= 0.3 is 0 Å². The fourth-order valence-corrected chi connectivity index (χ4v) is 1.65. The van der Waals surface area contributed by atoms with Crippen molar-refractivity contribution in [3.8, 4) is 0 Å². The predicted molar refractivity (Wildman–Crippen MR) is 59.9 cm³/mol. The molecule has 1 N–H and O–H groups in total. The first-order chi connectivity index (χ1) is 7.75. The molecular weight excluding hydrogens is 209 g/mol. The summed E-state index contributed by atoms with van der Waals surface area (Å²) in [6.07, 6.45) is 1.08. The minimum atomic E-state index is -0.173. The topological polar surface area (TPSA) is 30.5 Å². The second-order valence-electron chi connectivity index (χ2n) is 3.95. The minimum Gasteiger partial charge on any atom is -0.382 e. The molecule has 1 aromatic rings. The van der Waals surface area contributed by atoms with E-state index in [2.05, 4.69) is 5.32 Å². The molecule has 1 aliphatic heterocycles. The molecule has 1 unspecified atom stereocenters. The van der Waals surface area contributed by atoms with Crippen LogP contribution in [0.15, 0.2) is 18.2 Å². The maximum Gasteiger partial charge on any atom is 0.147 e. The maximum absolute atomic E-state index is 13.0. The molecule has 2 rings (SSSR count). The van der Waals surface area contributed by atoms with Gasteiger partial charge in [-0.05, 0) is 37.1 Å². The summed E-state index contributed by atoms with van der Waals surface area (Å²) in [5.41, 5.74) is 1.58. The number of rotatable bonds is 3. The van der Waals surface area contributed by atoms with Gasteiger partial charge in [0.25, 0.3) is 0 Å². The molecule has 0 bridgehead atoms. The molecule has 0 spiro atoms. The van der Waals surface area contributed by atoms with Crippen LogP contribution in [-0.4, -0.2) is 26.0 Å². The quantitative estimate of drug-likeness (QED) is 0.856. The molecule has 3 nitrogen and oxygen atoms in total. The average molecular weight is 225 g/mol. The molecule has 16 heavy (non-hydrogen) atoms. The highest BCUT2D eigenvalue weighted by Gasteiger charge is 2.13. The molecule has 1 aromatic carbocycles. The first kappa shape index (κ1) is 11.4. The predicted octanol–water partition coefficient (Wildman–Crippen LogP) is 2.31. The van der Waals surface area contributed by atoms with E-state index in [1.165, 1.54) is 6.07 Å². The van der Waals surface area contributed by atoms with Crippen LogP contribution in [0.2, 0.25) is 0 Å². The Morgan fingerprint density at radius 1 is 1.50 bits per heavy atom. The minimum absolute atomic E-state index is 0.173. The summed E-state index contributed by atoms with van der Waals surface area (Å²) in [5, 5.41) is 3.24. The monoisotopic (exact) mass is 225 g/mol. The smallest absolute Gasteiger partial charge is 0.147 e. The lowest BCUT2D eigenvalue weighted by Crippen LogP contribution is -2.30. The van der Waals surface area contributed by atoms with Gasteiger partial charge in [0, 0.05) is 12.2 Å². The number of hydrogen-bond acceptors (Lipinski definition) is 3. The number of hydrogen-bond donors (Lipinski definition) is 1. The average Bonchev–Trinajstić information content (AvgIpc) is 2.32. The van der Waals surface area contributed by atoms with Crippen molar-refractivity contribution in [2.45, 2.75) is 19.4 Å². The Morgan fingerprint density at radius 2 is 2.38 bits per heavy atom. The molecule has 0 radical (unpaired) electrons. The Kier molecular flexibility index (Phi) is 3.74. The third-order valence-electron chi connectivity index (χ3n) is 2.66. The van der Waals surface area contributed by atoms with E-state index in [9.17, 15) is 4.39 Å². The maximum atomic E-state index is 13.0. The SMILES string of the molecule is Cc1cc(NCC2CCOCO2)ccc1F. The summed E-state index contributed by atoms with van der Waals surface area (Å²) in [6, 6.07) is 5.01. The Bertz CT molecular complexity index is 351. The Hall–Kier alpha value is -1.13. The number of anilines is 1. The Morgan fingerprint density at radius 3 is 3.06 bits per heavy atom. The molecular formula is C12H16FNO2. The van der Waals surface area contributed by atoms with Gasteiger partial charge in [0.1, 0.15) is 12.6 Å². The van der Waals surface area contributed by atoms with Crippen molar-refractivity contribution in [3.63, 3.8) is 0 Å². The molecule has 1 saturated heterocycles. The van der Waals surface area contributed by atoms with E-state index in [-0.39, 0.29) is 11.9 Å². The highest BCUT2D eigenvalue weighted by Crippen LogP contribution is 2.14. The van der Waals surface area contributed by atoms with E-state index < -0.39 is 0 Å². The molecule has 0 aliphatic carbocycles. The Labute approximate surface area is 94.6 Å². The summed E-state index contributed by atoms with van der Waals surface area (Å²) >= 11 is 0. The normalized spacial score (nSPS) is 20.8. The molecule has 0 aromatic heterocycles. The summed E-state index contributed by atoms with van der Waals surface area (Å²) in [6.45, 7) is 3.60. The van der Waals surface area contributed by atoms with E-state index in [0.717, 1.165) is 25.3 Å². The zero-order chi connectivity index (χ0) is 11.4. The fraction of sp³-hybridized carbons (Fsp3) is 0.500. The van der Waals surface area contributed by atoms with Crippen LogP contribution in [0.25, 0.3) is 0 Å². The zero-order valence-electron chi connectivity index (χ0n) is 9.33. The number of halogens is 1. The number of ether oxygens (including phenoxy) is 2. The standard InChI is InChI=1S/C12H16FNO2/c1-9-6-10(2-3-12(9)13)14-7-11-4-5-15-8-16-11/h2-3,6,11,14H,4-5,7-8H2,1H3.